The van der Waals surface area contributed by atoms with Gasteiger partial charge in [-0.15, -0.1) is 0 Å². The number of ether oxygens (including phenoxy) is 1. The first kappa shape index (κ1) is 9.97. The summed E-state index contributed by atoms with van der Waals surface area (Å²) in [5.41, 5.74) is 1.18. The van der Waals surface area contributed by atoms with Crippen LogP contribution in [0.1, 0.15) is 12.0 Å². The quantitative estimate of drug-likeness (QED) is 0.828. The van der Waals surface area contributed by atoms with Crippen LogP contribution < -0.4 is 5.32 Å². The van der Waals surface area contributed by atoms with Gasteiger partial charge in [-0.2, -0.15) is 0 Å². The molecule has 1 N–H and O–H groups in total. The maximum atomic E-state index is 5.79. The highest BCUT2D eigenvalue weighted by Crippen LogP contribution is 2.12. The first-order valence-electron chi connectivity index (χ1n) is 4.91. The van der Waals surface area contributed by atoms with E-state index in [9.17, 15) is 0 Å². The summed E-state index contributed by atoms with van der Waals surface area (Å²) in [5.74, 6) is 0. The molecule has 0 saturated carbocycles. The van der Waals surface area contributed by atoms with Gasteiger partial charge in [0.2, 0.25) is 0 Å². The maximum absolute atomic E-state index is 5.79. The molecule has 0 bridgehead atoms. The van der Waals surface area contributed by atoms with Crippen molar-refractivity contribution in [1.82, 2.24) is 5.32 Å². The van der Waals surface area contributed by atoms with Gasteiger partial charge in [0, 0.05) is 11.6 Å². The Morgan fingerprint density at radius 3 is 2.79 bits per heavy atom. The highest BCUT2D eigenvalue weighted by atomic mass is 35.5. The van der Waals surface area contributed by atoms with Crippen molar-refractivity contribution < 1.29 is 4.74 Å². The summed E-state index contributed by atoms with van der Waals surface area (Å²) < 4.78 is 5.72. The van der Waals surface area contributed by atoms with E-state index in [0.717, 1.165) is 24.5 Å². The molecule has 0 amide bonds. The standard InChI is InChI=1S/C11H14ClNO/c12-10-3-1-9(2-4-10)8-14-11-5-6-13-7-11/h1-4,11,13H,5-8H2. The minimum absolute atomic E-state index is 0.380. The van der Waals surface area contributed by atoms with Crippen LogP contribution in [0.25, 0.3) is 0 Å². The van der Waals surface area contributed by atoms with Crippen LogP contribution in [0.5, 0.6) is 0 Å². The highest BCUT2D eigenvalue weighted by molar-refractivity contribution is 6.30. The van der Waals surface area contributed by atoms with Crippen LogP contribution in [0.15, 0.2) is 24.3 Å². The van der Waals surface area contributed by atoms with Crippen LogP contribution in [0.2, 0.25) is 5.02 Å². The van der Waals surface area contributed by atoms with Crippen molar-refractivity contribution in [1.29, 1.82) is 0 Å². The van der Waals surface area contributed by atoms with Crippen LogP contribution in [-0.2, 0) is 11.3 Å². The average molecular weight is 212 g/mol. The molecule has 3 heteroatoms. The lowest BCUT2D eigenvalue weighted by molar-refractivity contribution is 0.0542. The first-order valence-corrected chi connectivity index (χ1v) is 5.29. The molecule has 76 valence electrons. The number of halogens is 1. The third-order valence-electron chi connectivity index (χ3n) is 2.41. The zero-order valence-electron chi connectivity index (χ0n) is 8.00. The monoisotopic (exact) mass is 211 g/mol. The molecule has 1 aromatic rings. The number of rotatable bonds is 3. The Bertz CT molecular complexity index is 280. The van der Waals surface area contributed by atoms with Crippen molar-refractivity contribution in [3.8, 4) is 0 Å². The van der Waals surface area contributed by atoms with E-state index in [1.165, 1.54) is 5.56 Å². The summed E-state index contributed by atoms with van der Waals surface area (Å²) >= 11 is 5.79. The van der Waals surface area contributed by atoms with Crippen LogP contribution in [0, 0.1) is 0 Å². The molecule has 0 spiro atoms. The SMILES string of the molecule is Clc1ccc(COC2CCNC2)cc1. The van der Waals surface area contributed by atoms with Crippen LogP contribution in [-0.4, -0.2) is 19.2 Å². The first-order chi connectivity index (χ1) is 6.84. The van der Waals surface area contributed by atoms with E-state index in [4.69, 9.17) is 16.3 Å². The second-order valence-corrected chi connectivity index (χ2v) is 3.99. The Hall–Kier alpha value is -0.570. The van der Waals surface area contributed by atoms with Crippen molar-refractivity contribution in [3.05, 3.63) is 34.9 Å². The molecule has 2 nitrogen and oxygen atoms in total. The zero-order chi connectivity index (χ0) is 9.80. The fourth-order valence-corrected chi connectivity index (χ4v) is 1.69. The number of nitrogens with one attached hydrogen (secondary N) is 1. The predicted octanol–water partition coefficient (Wildman–Crippen LogP) is 2.22. The minimum Gasteiger partial charge on any atom is -0.372 e. The highest BCUT2D eigenvalue weighted by Gasteiger charge is 2.14. The molecular weight excluding hydrogens is 198 g/mol. The molecule has 1 aliphatic rings. The van der Waals surface area contributed by atoms with Crippen LogP contribution in [0.3, 0.4) is 0 Å². The molecule has 1 aliphatic heterocycles. The van der Waals surface area contributed by atoms with Crippen molar-refractivity contribution >= 4 is 11.6 Å². The number of benzene rings is 1. The van der Waals surface area contributed by atoms with E-state index in [1.54, 1.807) is 0 Å². The molecule has 2 rings (SSSR count). The molecule has 1 saturated heterocycles. The van der Waals surface area contributed by atoms with E-state index in [2.05, 4.69) is 5.32 Å². The predicted molar refractivity (Wildman–Crippen MR) is 57.5 cm³/mol. The zero-order valence-corrected chi connectivity index (χ0v) is 8.76. The summed E-state index contributed by atoms with van der Waals surface area (Å²) in [6.07, 6.45) is 1.50. The fraction of sp³-hybridized carbons (Fsp3) is 0.455. The minimum atomic E-state index is 0.380. The molecule has 1 fully saturated rings. The lowest BCUT2D eigenvalue weighted by Gasteiger charge is -2.10. The van der Waals surface area contributed by atoms with E-state index < -0.39 is 0 Å². The normalized spacial score (nSPS) is 21.4. The summed E-state index contributed by atoms with van der Waals surface area (Å²) in [6.45, 7) is 2.74. The average Bonchev–Trinajstić information content (AvgIpc) is 2.70. The van der Waals surface area contributed by atoms with Gasteiger partial charge in [0.25, 0.3) is 0 Å². The summed E-state index contributed by atoms with van der Waals surface area (Å²) in [4.78, 5) is 0. The second-order valence-electron chi connectivity index (χ2n) is 3.55. The van der Waals surface area contributed by atoms with Gasteiger partial charge in [0.15, 0.2) is 0 Å². The summed E-state index contributed by atoms with van der Waals surface area (Å²) in [7, 11) is 0. The molecule has 14 heavy (non-hydrogen) atoms. The molecular formula is C11H14ClNO. The fourth-order valence-electron chi connectivity index (χ4n) is 1.57. The van der Waals surface area contributed by atoms with Gasteiger partial charge in [-0.3, -0.25) is 0 Å². The van der Waals surface area contributed by atoms with E-state index in [1.807, 2.05) is 24.3 Å². The van der Waals surface area contributed by atoms with Gasteiger partial charge in [0.1, 0.15) is 0 Å². The Labute approximate surface area is 89.2 Å². The molecule has 0 radical (unpaired) electrons. The van der Waals surface area contributed by atoms with Crippen molar-refractivity contribution in [2.45, 2.75) is 19.1 Å². The molecule has 0 aliphatic carbocycles. The molecule has 1 unspecified atom stereocenters. The Morgan fingerprint density at radius 2 is 2.14 bits per heavy atom. The lowest BCUT2D eigenvalue weighted by atomic mass is 10.2. The van der Waals surface area contributed by atoms with Gasteiger partial charge in [-0.05, 0) is 30.7 Å². The lowest BCUT2D eigenvalue weighted by Crippen LogP contribution is -2.16. The van der Waals surface area contributed by atoms with Gasteiger partial charge < -0.3 is 10.1 Å². The Balaban J connectivity index is 1.82. The van der Waals surface area contributed by atoms with Gasteiger partial charge in [-0.1, -0.05) is 23.7 Å². The van der Waals surface area contributed by atoms with Gasteiger partial charge >= 0.3 is 0 Å². The van der Waals surface area contributed by atoms with Gasteiger partial charge in [-0.25, -0.2) is 0 Å². The van der Waals surface area contributed by atoms with Crippen LogP contribution in [0.4, 0.5) is 0 Å². The molecule has 1 aromatic carbocycles. The van der Waals surface area contributed by atoms with Crippen molar-refractivity contribution in [2.24, 2.45) is 0 Å². The maximum Gasteiger partial charge on any atom is 0.0721 e. The molecule has 1 atom stereocenters. The third kappa shape index (κ3) is 2.71. The smallest absolute Gasteiger partial charge is 0.0721 e. The van der Waals surface area contributed by atoms with Crippen LogP contribution >= 0.6 is 11.6 Å². The Kier molecular flexibility index (Phi) is 3.40. The number of hydrogen-bond donors (Lipinski definition) is 1. The van der Waals surface area contributed by atoms with E-state index in [0.29, 0.717) is 12.7 Å². The van der Waals surface area contributed by atoms with Crippen molar-refractivity contribution in [2.75, 3.05) is 13.1 Å². The van der Waals surface area contributed by atoms with Crippen molar-refractivity contribution in [3.63, 3.8) is 0 Å². The number of hydrogen-bond acceptors (Lipinski definition) is 2. The Morgan fingerprint density at radius 1 is 1.36 bits per heavy atom. The molecule has 1 heterocycles. The largest absolute Gasteiger partial charge is 0.372 e. The van der Waals surface area contributed by atoms with Gasteiger partial charge in [0.05, 0.1) is 12.7 Å². The second kappa shape index (κ2) is 4.78. The summed E-state index contributed by atoms with van der Waals surface area (Å²) in [6, 6.07) is 7.80. The van der Waals surface area contributed by atoms with E-state index in [-0.39, 0.29) is 0 Å². The molecule has 0 aromatic heterocycles. The van der Waals surface area contributed by atoms with E-state index >= 15 is 0 Å². The topological polar surface area (TPSA) is 21.3 Å². The summed E-state index contributed by atoms with van der Waals surface area (Å²) in [5, 5.41) is 4.05. The third-order valence-corrected chi connectivity index (χ3v) is 2.67.